The predicted molar refractivity (Wildman–Crippen MR) is 128 cm³/mol. The van der Waals surface area contributed by atoms with Crippen molar-refractivity contribution in [2.45, 2.75) is 111 Å². The van der Waals surface area contributed by atoms with Crippen molar-refractivity contribution >= 4 is 8.80 Å². The second-order valence-electron chi connectivity index (χ2n) is 9.00. The maximum absolute atomic E-state index is 5.99. The molecular formula is C24H54ClNO3Si. The molecule has 0 saturated heterocycles. The molecule has 0 heterocycles. The highest BCUT2D eigenvalue weighted by Crippen LogP contribution is 2.20. The molecule has 0 saturated carbocycles. The molecule has 0 unspecified atom stereocenters. The molecule has 0 fully saturated rings. The van der Waals surface area contributed by atoms with Gasteiger partial charge in [-0.3, -0.25) is 0 Å². The first-order chi connectivity index (χ1) is 13.9. The van der Waals surface area contributed by atoms with E-state index in [2.05, 4.69) is 21.0 Å². The highest BCUT2D eigenvalue weighted by Gasteiger charge is 2.40. The van der Waals surface area contributed by atoms with Gasteiger partial charge in [-0.05, 0) is 33.6 Å². The van der Waals surface area contributed by atoms with E-state index in [0.717, 1.165) is 16.9 Å². The maximum atomic E-state index is 5.99. The first-order valence-corrected chi connectivity index (χ1v) is 14.6. The van der Waals surface area contributed by atoms with Crippen molar-refractivity contribution in [3.05, 3.63) is 0 Å². The van der Waals surface area contributed by atoms with E-state index in [-0.39, 0.29) is 12.4 Å². The van der Waals surface area contributed by atoms with E-state index in [9.17, 15) is 0 Å². The zero-order valence-corrected chi connectivity index (χ0v) is 23.0. The molecule has 0 N–H and O–H groups in total. The minimum atomic E-state index is -2.47. The number of hydrogen-bond acceptors (Lipinski definition) is 3. The SMILES string of the molecule is CCCCCCCCCCCCC[N+](C)(C)CCC[Si](OCC)(OCC)OCC.[Cl-]. The fourth-order valence-corrected chi connectivity index (χ4v) is 6.63. The Balaban J connectivity index is 0. The van der Waals surface area contributed by atoms with Crippen molar-refractivity contribution in [3.8, 4) is 0 Å². The van der Waals surface area contributed by atoms with Crippen LogP contribution in [0.4, 0.5) is 0 Å². The highest BCUT2D eigenvalue weighted by molar-refractivity contribution is 6.60. The standard InChI is InChI=1S/C24H54NO3Si.ClH/c1-7-11-12-13-14-15-16-17-18-19-20-22-25(5,6)23-21-24-29(26-8-2,27-9-3)28-10-4;/h7-24H2,1-6H3;1H/q+1;/p-1. The molecule has 0 aliphatic rings. The summed E-state index contributed by atoms with van der Waals surface area (Å²) in [5.74, 6) is 0. The van der Waals surface area contributed by atoms with Crippen molar-refractivity contribution < 1.29 is 30.2 Å². The van der Waals surface area contributed by atoms with Crippen LogP contribution in [0.5, 0.6) is 0 Å². The average molecular weight is 468 g/mol. The lowest BCUT2D eigenvalue weighted by Gasteiger charge is -2.32. The van der Waals surface area contributed by atoms with Gasteiger partial charge in [0, 0.05) is 32.3 Å². The van der Waals surface area contributed by atoms with Crippen LogP contribution in [0, 0.1) is 0 Å². The average Bonchev–Trinajstić information content (AvgIpc) is 2.66. The fourth-order valence-electron chi connectivity index (χ4n) is 4.04. The Morgan fingerprint density at radius 2 is 0.900 bits per heavy atom. The molecule has 0 amide bonds. The van der Waals surface area contributed by atoms with Crippen LogP contribution in [0.25, 0.3) is 0 Å². The van der Waals surface area contributed by atoms with Crippen LogP contribution >= 0.6 is 0 Å². The van der Waals surface area contributed by atoms with Crippen LogP contribution in [0.15, 0.2) is 0 Å². The van der Waals surface area contributed by atoms with Crippen molar-refractivity contribution in [1.29, 1.82) is 0 Å². The lowest BCUT2D eigenvalue weighted by atomic mass is 10.1. The quantitative estimate of drug-likeness (QED) is 0.138. The Morgan fingerprint density at radius 3 is 1.30 bits per heavy atom. The van der Waals surface area contributed by atoms with Gasteiger partial charge in [-0.25, -0.2) is 0 Å². The Hall–Kier alpha value is 0.347. The van der Waals surface area contributed by atoms with Crippen molar-refractivity contribution in [1.82, 2.24) is 0 Å². The van der Waals surface area contributed by atoms with Crippen LogP contribution in [-0.2, 0) is 13.3 Å². The second-order valence-corrected chi connectivity index (χ2v) is 11.7. The summed E-state index contributed by atoms with van der Waals surface area (Å²) in [6.45, 7) is 12.8. The largest absolute Gasteiger partial charge is 1.00 e. The fraction of sp³-hybridized carbons (Fsp3) is 1.00. The molecule has 0 bridgehead atoms. The van der Waals surface area contributed by atoms with Crippen molar-refractivity contribution in [2.24, 2.45) is 0 Å². The molecule has 0 radical (unpaired) electrons. The van der Waals surface area contributed by atoms with Gasteiger partial charge >= 0.3 is 8.80 Å². The van der Waals surface area contributed by atoms with Gasteiger partial charge in [-0.1, -0.05) is 64.7 Å². The van der Waals surface area contributed by atoms with Gasteiger partial charge in [0.15, 0.2) is 0 Å². The molecule has 0 aliphatic heterocycles. The van der Waals surface area contributed by atoms with E-state index in [4.69, 9.17) is 13.3 Å². The molecule has 0 aromatic carbocycles. The van der Waals surface area contributed by atoms with Crippen LogP contribution < -0.4 is 12.4 Å². The van der Waals surface area contributed by atoms with E-state index in [0.29, 0.717) is 19.8 Å². The van der Waals surface area contributed by atoms with Gasteiger partial charge in [0.1, 0.15) is 0 Å². The van der Waals surface area contributed by atoms with Gasteiger partial charge < -0.3 is 30.2 Å². The topological polar surface area (TPSA) is 27.7 Å². The Kier molecular flexibility index (Phi) is 23.0. The molecule has 30 heavy (non-hydrogen) atoms. The zero-order chi connectivity index (χ0) is 21.8. The van der Waals surface area contributed by atoms with Gasteiger partial charge in [0.05, 0.1) is 27.2 Å². The minimum absolute atomic E-state index is 0. The smallest absolute Gasteiger partial charge is 0.501 e. The molecular weight excluding hydrogens is 414 g/mol. The van der Waals surface area contributed by atoms with Gasteiger partial charge in [0.2, 0.25) is 0 Å². The highest BCUT2D eigenvalue weighted by atomic mass is 35.5. The predicted octanol–water partition coefficient (Wildman–Crippen LogP) is 3.82. The number of hydrogen-bond donors (Lipinski definition) is 0. The molecule has 0 aromatic rings. The third kappa shape index (κ3) is 18.0. The summed E-state index contributed by atoms with van der Waals surface area (Å²) in [6.07, 6.45) is 16.6. The number of unbranched alkanes of at least 4 members (excludes halogenated alkanes) is 10. The number of quaternary nitrogens is 1. The van der Waals surface area contributed by atoms with Gasteiger partial charge in [0.25, 0.3) is 0 Å². The number of rotatable bonds is 22. The van der Waals surface area contributed by atoms with Crippen LogP contribution in [0.3, 0.4) is 0 Å². The summed E-state index contributed by atoms with van der Waals surface area (Å²) < 4.78 is 19.0. The summed E-state index contributed by atoms with van der Waals surface area (Å²) >= 11 is 0. The summed E-state index contributed by atoms with van der Waals surface area (Å²) in [5.41, 5.74) is 0. The summed E-state index contributed by atoms with van der Waals surface area (Å²) in [5, 5.41) is 0. The lowest BCUT2D eigenvalue weighted by Crippen LogP contribution is -3.00. The molecule has 184 valence electrons. The summed E-state index contributed by atoms with van der Waals surface area (Å²) in [4.78, 5) is 0. The molecule has 0 aliphatic carbocycles. The Bertz CT molecular complexity index is 342. The minimum Gasteiger partial charge on any atom is -1.00 e. The summed E-state index contributed by atoms with van der Waals surface area (Å²) in [6, 6.07) is 0.933. The van der Waals surface area contributed by atoms with Gasteiger partial charge in [-0.2, -0.15) is 0 Å². The third-order valence-electron chi connectivity index (χ3n) is 5.71. The van der Waals surface area contributed by atoms with Crippen molar-refractivity contribution in [3.63, 3.8) is 0 Å². The molecule has 0 aromatic heterocycles. The molecule has 0 rings (SSSR count). The monoisotopic (exact) mass is 467 g/mol. The molecule has 0 spiro atoms. The first-order valence-electron chi connectivity index (χ1n) is 12.7. The van der Waals surface area contributed by atoms with E-state index < -0.39 is 8.80 Å². The Labute approximate surface area is 196 Å². The molecule has 6 heteroatoms. The normalized spacial score (nSPS) is 12.2. The molecule has 0 atom stereocenters. The maximum Gasteiger partial charge on any atom is 0.501 e. The van der Waals surface area contributed by atoms with E-state index >= 15 is 0 Å². The first kappa shape index (κ1) is 32.5. The zero-order valence-electron chi connectivity index (χ0n) is 21.3. The van der Waals surface area contributed by atoms with E-state index in [1.165, 1.54) is 83.7 Å². The number of nitrogens with zero attached hydrogens (tertiary/aromatic N) is 1. The van der Waals surface area contributed by atoms with Crippen molar-refractivity contribution in [2.75, 3.05) is 47.0 Å². The third-order valence-corrected chi connectivity index (χ3v) is 8.86. The van der Waals surface area contributed by atoms with E-state index in [1.807, 2.05) is 20.8 Å². The lowest BCUT2D eigenvalue weighted by molar-refractivity contribution is -0.890. The Morgan fingerprint density at radius 1 is 0.533 bits per heavy atom. The van der Waals surface area contributed by atoms with Crippen LogP contribution in [0.2, 0.25) is 6.04 Å². The second kappa shape index (κ2) is 21.2. The van der Waals surface area contributed by atoms with E-state index in [1.54, 1.807) is 0 Å². The molecule has 4 nitrogen and oxygen atoms in total. The number of halogens is 1. The van der Waals surface area contributed by atoms with Gasteiger partial charge in [-0.15, -0.1) is 0 Å². The summed E-state index contributed by atoms with van der Waals surface area (Å²) in [7, 11) is 2.25. The van der Waals surface area contributed by atoms with Crippen LogP contribution in [0.1, 0.15) is 105 Å². The van der Waals surface area contributed by atoms with Crippen LogP contribution in [-0.4, -0.2) is 60.3 Å².